The molecule has 1 aromatic rings. The van der Waals surface area contributed by atoms with Crippen LogP contribution in [0.2, 0.25) is 0 Å². The average Bonchev–Trinajstić information content (AvgIpc) is 3.11. The van der Waals surface area contributed by atoms with Crippen LogP contribution < -0.4 is 4.74 Å². The molecule has 0 aromatic heterocycles. The summed E-state index contributed by atoms with van der Waals surface area (Å²) in [6, 6.07) is 7.75. The molecule has 4 aliphatic rings. The number of ether oxygens (including phenoxy) is 1. The highest BCUT2D eigenvalue weighted by Crippen LogP contribution is 2.64. The summed E-state index contributed by atoms with van der Waals surface area (Å²) in [4.78, 5) is 30.7. The number of carbonyl (C=O) groups excluding carboxylic acids is 2. The largest absolute Gasteiger partial charge is 0.491 e. The maximum absolute atomic E-state index is 13.6. The van der Waals surface area contributed by atoms with Crippen molar-refractivity contribution in [3.8, 4) is 5.75 Å². The topological polar surface area (TPSA) is 55.7 Å². The van der Waals surface area contributed by atoms with Gasteiger partial charge in [-0.15, -0.1) is 0 Å². The van der Waals surface area contributed by atoms with Crippen molar-refractivity contribution in [2.75, 3.05) is 6.54 Å². The summed E-state index contributed by atoms with van der Waals surface area (Å²) in [5.74, 6) is 3.30. The molecule has 32 heavy (non-hydrogen) atoms. The Bertz CT molecular complexity index is 948. The molecule has 1 aromatic carbocycles. The summed E-state index contributed by atoms with van der Waals surface area (Å²) < 4.78 is 5.75. The number of fused-ring (bicyclic) bond motifs is 5. The van der Waals surface area contributed by atoms with Gasteiger partial charge in [0.2, 0.25) is 0 Å². The van der Waals surface area contributed by atoms with Gasteiger partial charge in [-0.2, -0.15) is 0 Å². The maximum Gasteiger partial charge on any atom is 0.166 e. The standard InChI is InChI=1S/C28H37NO3/c1-17(2)32-20-7-5-18(6-8-20)26(31)24-10-9-22-21-16-29-25-15-19(30)11-13-28(25,4)23(21)12-14-27(22,24)3/h5-8,17,21-24H,9-16H2,1-4H3/t21-,22-,23-,24+,27-,28+/m0/s1. The Labute approximate surface area is 192 Å². The molecule has 5 rings (SSSR count). The van der Waals surface area contributed by atoms with E-state index in [0.717, 1.165) is 50.0 Å². The van der Waals surface area contributed by atoms with Crippen molar-refractivity contribution in [3.63, 3.8) is 0 Å². The van der Waals surface area contributed by atoms with E-state index in [1.54, 1.807) is 0 Å². The Kier molecular flexibility index (Phi) is 5.34. The van der Waals surface area contributed by atoms with Crippen molar-refractivity contribution in [1.29, 1.82) is 0 Å². The zero-order valence-electron chi connectivity index (χ0n) is 20.0. The van der Waals surface area contributed by atoms with Gasteiger partial charge in [-0.05, 0) is 93.4 Å². The number of Topliss-reactive ketones (excluding diaryl/α,β-unsaturated/α-hetero) is 2. The second-order valence-corrected chi connectivity index (χ2v) is 11.5. The lowest BCUT2D eigenvalue weighted by atomic mass is 9.49. The van der Waals surface area contributed by atoms with Gasteiger partial charge in [-0.3, -0.25) is 14.6 Å². The van der Waals surface area contributed by atoms with Crippen LogP contribution in [-0.2, 0) is 4.79 Å². The number of benzene rings is 1. The highest BCUT2D eigenvalue weighted by molar-refractivity contribution is 6.07. The first-order chi connectivity index (χ1) is 15.2. The maximum atomic E-state index is 13.6. The SMILES string of the molecule is CC(C)Oc1ccc(C(=O)[C@H]2CC[C@H]3[C@@H]4CN=C5CC(=O)CC[C@]5(C)[C@H]4CC[C@]23C)cc1. The fourth-order valence-corrected chi connectivity index (χ4v) is 7.81. The molecule has 3 fully saturated rings. The molecule has 3 aliphatic carbocycles. The van der Waals surface area contributed by atoms with E-state index in [1.165, 1.54) is 5.71 Å². The van der Waals surface area contributed by atoms with Gasteiger partial charge < -0.3 is 4.74 Å². The molecule has 0 unspecified atom stereocenters. The van der Waals surface area contributed by atoms with Gasteiger partial charge >= 0.3 is 0 Å². The molecular weight excluding hydrogens is 398 g/mol. The molecule has 6 atom stereocenters. The van der Waals surface area contributed by atoms with Gasteiger partial charge in [-0.25, -0.2) is 0 Å². The first-order valence-corrected chi connectivity index (χ1v) is 12.6. The van der Waals surface area contributed by atoms with Crippen LogP contribution in [0.1, 0.15) is 83.0 Å². The minimum Gasteiger partial charge on any atom is -0.491 e. The molecule has 0 spiro atoms. The second-order valence-electron chi connectivity index (χ2n) is 11.5. The molecule has 1 aliphatic heterocycles. The minimum atomic E-state index is 0.0548. The fraction of sp³-hybridized carbons (Fsp3) is 0.679. The van der Waals surface area contributed by atoms with E-state index in [1.807, 2.05) is 38.1 Å². The molecule has 0 amide bonds. The Morgan fingerprint density at radius 1 is 1.06 bits per heavy atom. The van der Waals surface area contributed by atoms with E-state index in [-0.39, 0.29) is 22.9 Å². The zero-order chi connectivity index (χ0) is 22.7. The van der Waals surface area contributed by atoms with Crippen molar-refractivity contribution in [1.82, 2.24) is 0 Å². The zero-order valence-corrected chi connectivity index (χ0v) is 20.0. The van der Waals surface area contributed by atoms with Crippen molar-refractivity contribution in [2.45, 2.75) is 78.7 Å². The van der Waals surface area contributed by atoms with E-state index < -0.39 is 0 Å². The Hall–Kier alpha value is -1.97. The number of rotatable bonds is 4. The number of hydrogen-bond donors (Lipinski definition) is 0. The average molecular weight is 436 g/mol. The molecule has 0 saturated heterocycles. The van der Waals surface area contributed by atoms with Crippen LogP contribution in [0.15, 0.2) is 29.3 Å². The van der Waals surface area contributed by atoms with Crippen LogP contribution in [0, 0.1) is 34.5 Å². The monoisotopic (exact) mass is 435 g/mol. The molecule has 172 valence electrons. The molecule has 0 N–H and O–H groups in total. The van der Waals surface area contributed by atoms with Gasteiger partial charge in [0.25, 0.3) is 0 Å². The summed E-state index contributed by atoms with van der Waals surface area (Å²) in [6.45, 7) is 9.63. The summed E-state index contributed by atoms with van der Waals surface area (Å²) in [5.41, 5.74) is 2.14. The highest BCUT2D eigenvalue weighted by atomic mass is 16.5. The highest BCUT2D eigenvalue weighted by Gasteiger charge is 2.60. The van der Waals surface area contributed by atoms with Crippen molar-refractivity contribution >= 4 is 17.3 Å². The van der Waals surface area contributed by atoms with Gasteiger partial charge in [0, 0.05) is 42.0 Å². The lowest BCUT2D eigenvalue weighted by Gasteiger charge is -2.56. The summed E-state index contributed by atoms with van der Waals surface area (Å²) in [5, 5.41) is 0. The van der Waals surface area contributed by atoms with Crippen LogP contribution in [0.25, 0.3) is 0 Å². The van der Waals surface area contributed by atoms with Crippen molar-refractivity contribution in [3.05, 3.63) is 29.8 Å². The van der Waals surface area contributed by atoms with E-state index in [2.05, 4.69) is 13.8 Å². The fourth-order valence-electron chi connectivity index (χ4n) is 7.81. The summed E-state index contributed by atoms with van der Waals surface area (Å²) >= 11 is 0. The minimum absolute atomic E-state index is 0.0548. The van der Waals surface area contributed by atoms with Gasteiger partial charge in [0.05, 0.1) is 6.10 Å². The predicted octanol–water partition coefficient (Wildman–Crippen LogP) is 5.93. The molecule has 4 heteroatoms. The lowest BCUT2D eigenvalue weighted by Crippen LogP contribution is -2.54. The molecule has 3 saturated carbocycles. The number of hydrogen-bond acceptors (Lipinski definition) is 4. The first-order valence-electron chi connectivity index (χ1n) is 12.6. The van der Waals surface area contributed by atoms with Crippen molar-refractivity contribution < 1.29 is 14.3 Å². The van der Waals surface area contributed by atoms with Crippen LogP contribution in [0.5, 0.6) is 5.75 Å². The number of ketones is 2. The molecule has 4 nitrogen and oxygen atoms in total. The van der Waals surface area contributed by atoms with Crippen LogP contribution >= 0.6 is 0 Å². The molecule has 0 radical (unpaired) electrons. The smallest absolute Gasteiger partial charge is 0.166 e. The summed E-state index contributed by atoms with van der Waals surface area (Å²) in [7, 11) is 0. The number of carbonyl (C=O) groups is 2. The van der Waals surface area contributed by atoms with E-state index in [9.17, 15) is 9.59 Å². The quantitative estimate of drug-likeness (QED) is 0.551. The second kappa shape index (κ2) is 7.81. The van der Waals surface area contributed by atoms with Crippen LogP contribution in [-0.4, -0.2) is 29.9 Å². The predicted molar refractivity (Wildman–Crippen MR) is 126 cm³/mol. The van der Waals surface area contributed by atoms with Gasteiger partial charge in [0.1, 0.15) is 11.5 Å². The van der Waals surface area contributed by atoms with Crippen molar-refractivity contribution in [2.24, 2.45) is 39.5 Å². The summed E-state index contributed by atoms with van der Waals surface area (Å²) in [6.07, 6.45) is 6.75. The van der Waals surface area contributed by atoms with Gasteiger partial charge in [0.15, 0.2) is 5.78 Å². The lowest BCUT2D eigenvalue weighted by molar-refractivity contribution is -0.120. The Balaban J connectivity index is 1.37. The van der Waals surface area contributed by atoms with E-state index >= 15 is 0 Å². The van der Waals surface area contributed by atoms with Crippen LogP contribution in [0.4, 0.5) is 0 Å². The third-order valence-corrected chi connectivity index (χ3v) is 9.52. The Morgan fingerprint density at radius 2 is 1.81 bits per heavy atom. The van der Waals surface area contributed by atoms with Gasteiger partial charge in [-0.1, -0.05) is 13.8 Å². The molecule has 1 heterocycles. The molecule has 0 bridgehead atoms. The van der Waals surface area contributed by atoms with Crippen LogP contribution in [0.3, 0.4) is 0 Å². The third kappa shape index (κ3) is 3.36. The van der Waals surface area contributed by atoms with E-state index in [4.69, 9.17) is 9.73 Å². The molecular formula is C28H37NO3. The normalized spacial score (nSPS) is 38.5. The number of aliphatic imine (C=N–C) groups is 1. The van der Waals surface area contributed by atoms with E-state index in [0.29, 0.717) is 42.2 Å². The Morgan fingerprint density at radius 3 is 2.53 bits per heavy atom. The number of nitrogens with zero attached hydrogens (tertiary/aromatic N) is 1. The third-order valence-electron chi connectivity index (χ3n) is 9.52. The first kappa shape index (κ1) is 21.9.